The Balaban J connectivity index is 1.78. The van der Waals surface area contributed by atoms with Crippen LogP contribution in [0, 0.1) is 13.8 Å². The lowest BCUT2D eigenvalue weighted by atomic mass is 10.0. The van der Waals surface area contributed by atoms with E-state index < -0.39 is 28.5 Å². The van der Waals surface area contributed by atoms with E-state index >= 15 is 0 Å². The number of rotatable bonds is 16. The van der Waals surface area contributed by atoms with Crippen LogP contribution < -0.4 is 14.4 Å². The van der Waals surface area contributed by atoms with E-state index in [1.807, 2.05) is 94.4 Å². The van der Waals surface area contributed by atoms with Crippen LogP contribution in [-0.4, -0.2) is 50.9 Å². The fourth-order valence-corrected chi connectivity index (χ4v) is 6.69. The lowest BCUT2D eigenvalue weighted by Crippen LogP contribution is -2.53. The molecule has 0 aromatic heterocycles. The van der Waals surface area contributed by atoms with Crippen molar-refractivity contribution in [3.05, 3.63) is 125 Å². The number of anilines is 1. The number of ether oxygens (including phenoxy) is 1. The molecule has 2 amide bonds. The molecule has 248 valence electrons. The Hall–Kier alpha value is -4.63. The van der Waals surface area contributed by atoms with Crippen molar-refractivity contribution < 1.29 is 22.7 Å². The number of carbonyl (C=O) groups excluding carboxylic acids is 2. The van der Waals surface area contributed by atoms with Crippen LogP contribution in [0.3, 0.4) is 0 Å². The lowest BCUT2D eigenvalue weighted by molar-refractivity contribution is -0.140. The summed E-state index contributed by atoms with van der Waals surface area (Å²) in [4.78, 5) is 30.1. The summed E-state index contributed by atoms with van der Waals surface area (Å²) in [6, 6.07) is 29.6. The molecule has 4 aromatic rings. The molecule has 9 heteroatoms. The highest BCUT2D eigenvalue weighted by Gasteiger charge is 2.34. The van der Waals surface area contributed by atoms with Crippen molar-refractivity contribution in [1.82, 2.24) is 10.2 Å². The maximum Gasteiger partial charge on any atom is 0.264 e. The Kier molecular flexibility index (Phi) is 12.6. The highest BCUT2D eigenvalue weighted by atomic mass is 32.2. The molecule has 1 atom stereocenters. The van der Waals surface area contributed by atoms with E-state index in [1.165, 1.54) is 17.0 Å². The Morgan fingerprint density at radius 3 is 2.13 bits per heavy atom. The van der Waals surface area contributed by atoms with E-state index in [9.17, 15) is 18.0 Å². The highest BCUT2D eigenvalue weighted by Crippen LogP contribution is 2.27. The Labute approximate surface area is 279 Å². The average Bonchev–Trinajstić information content (AvgIpc) is 3.07. The molecule has 8 nitrogen and oxygen atoms in total. The third kappa shape index (κ3) is 9.45. The van der Waals surface area contributed by atoms with Gasteiger partial charge in [-0.15, -0.1) is 0 Å². The van der Waals surface area contributed by atoms with Crippen LogP contribution in [-0.2, 0) is 32.6 Å². The first-order chi connectivity index (χ1) is 22.6. The molecule has 0 aliphatic carbocycles. The summed E-state index contributed by atoms with van der Waals surface area (Å²) in [6.07, 6.45) is 1.98. The van der Waals surface area contributed by atoms with E-state index in [1.54, 1.807) is 24.3 Å². The molecule has 0 heterocycles. The minimum absolute atomic E-state index is 0.0259. The number of sulfonamides is 1. The standard InChI is InChI=1S/C38H45N3O5S/c1-5-7-25-39-38(43)36(26-31-14-9-8-10-15-31)40(27-32-16-12-11-13-30(32)4)37(42)28-41(33-19-17-29(3)18-20-33)47(44,45)35-23-21-34(22-24-35)46-6-2/h8-24,36H,5-7,25-28H2,1-4H3,(H,39,43). The summed E-state index contributed by atoms with van der Waals surface area (Å²) in [7, 11) is -4.20. The molecular weight excluding hydrogens is 611 g/mol. The van der Waals surface area contributed by atoms with Crippen molar-refractivity contribution in [2.45, 2.75) is 64.4 Å². The number of unbranched alkanes of at least 4 members (excludes halogenated alkanes) is 1. The fraction of sp³-hybridized carbons (Fsp3) is 0.316. The Morgan fingerprint density at radius 1 is 0.830 bits per heavy atom. The van der Waals surface area contributed by atoms with Gasteiger partial charge in [0.25, 0.3) is 10.0 Å². The van der Waals surface area contributed by atoms with Crippen LogP contribution in [0.2, 0.25) is 0 Å². The summed E-state index contributed by atoms with van der Waals surface area (Å²) in [5.41, 5.74) is 4.03. The van der Waals surface area contributed by atoms with Crippen molar-refractivity contribution in [2.75, 3.05) is 24.0 Å². The molecule has 4 rings (SSSR count). The van der Waals surface area contributed by atoms with Gasteiger partial charge in [-0.05, 0) is 80.3 Å². The predicted octanol–water partition coefficient (Wildman–Crippen LogP) is 6.45. The first-order valence-electron chi connectivity index (χ1n) is 16.1. The fourth-order valence-electron chi connectivity index (χ4n) is 5.27. The normalized spacial score (nSPS) is 11.8. The van der Waals surface area contributed by atoms with E-state index in [2.05, 4.69) is 5.32 Å². The van der Waals surface area contributed by atoms with Crippen LogP contribution >= 0.6 is 0 Å². The van der Waals surface area contributed by atoms with Crippen molar-refractivity contribution >= 4 is 27.5 Å². The first-order valence-corrected chi connectivity index (χ1v) is 17.6. The van der Waals surface area contributed by atoms with Crippen LogP contribution in [0.25, 0.3) is 0 Å². The maximum atomic E-state index is 14.6. The third-order valence-corrected chi connectivity index (χ3v) is 9.81. The van der Waals surface area contributed by atoms with Gasteiger partial charge in [0.2, 0.25) is 11.8 Å². The summed E-state index contributed by atoms with van der Waals surface area (Å²) in [5, 5.41) is 3.03. The molecule has 0 radical (unpaired) electrons. The van der Waals surface area contributed by atoms with Gasteiger partial charge >= 0.3 is 0 Å². The van der Waals surface area contributed by atoms with Gasteiger partial charge in [0.05, 0.1) is 17.2 Å². The van der Waals surface area contributed by atoms with E-state index in [0.717, 1.165) is 39.4 Å². The largest absolute Gasteiger partial charge is 0.494 e. The number of nitrogens with one attached hydrogen (secondary N) is 1. The van der Waals surface area contributed by atoms with Gasteiger partial charge < -0.3 is 15.0 Å². The Morgan fingerprint density at radius 2 is 1.49 bits per heavy atom. The van der Waals surface area contributed by atoms with E-state index in [-0.39, 0.29) is 23.8 Å². The first kappa shape index (κ1) is 35.2. The molecule has 0 aliphatic heterocycles. The highest BCUT2D eigenvalue weighted by molar-refractivity contribution is 7.92. The van der Waals surface area contributed by atoms with Gasteiger partial charge in [-0.3, -0.25) is 13.9 Å². The summed E-state index contributed by atoms with van der Waals surface area (Å²) in [5.74, 6) is -0.220. The second kappa shape index (κ2) is 16.8. The Bertz CT molecular complexity index is 1710. The van der Waals surface area contributed by atoms with E-state index in [0.29, 0.717) is 24.6 Å². The summed E-state index contributed by atoms with van der Waals surface area (Å²) >= 11 is 0. The summed E-state index contributed by atoms with van der Waals surface area (Å²) < 4.78 is 35.2. The zero-order valence-corrected chi connectivity index (χ0v) is 28.5. The topological polar surface area (TPSA) is 96.0 Å². The van der Waals surface area contributed by atoms with Crippen LogP contribution in [0.5, 0.6) is 5.75 Å². The monoisotopic (exact) mass is 655 g/mol. The van der Waals surface area contributed by atoms with Crippen molar-refractivity contribution in [3.8, 4) is 5.75 Å². The molecule has 47 heavy (non-hydrogen) atoms. The van der Waals surface area contributed by atoms with Gasteiger partial charge in [0, 0.05) is 19.5 Å². The van der Waals surface area contributed by atoms with Crippen LogP contribution in [0.15, 0.2) is 108 Å². The minimum Gasteiger partial charge on any atom is -0.494 e. The number of nitrogens with zero attached hydrogens (tertiary/aromatic N) is 2. The molecule has 1 unspecified atom stereocenters. The molecule has 0 saturated heterocycles. The average molecular weight is 656 g/mol. The number of aryl methyl sites for hydroxylation is 2. The van der Waals surface area contributed by atoms with E-state index in [4.69, 9.17) is 4.74 Å². The minimum atomic E-state index is -4.20. The molecule has 0 spiro atoms. The molecular formula is C38H45N3O5S. The summed E-state index contributed by atoms with van der Waals surface area (Å²) in [6.45, 7) is 8.33. The molecule has 1 N–H and O–H groups in total. The smallest absolute Gasteiger partial charge is 0.264 e. The second-order valence-electron chi connectivity index (χ2n) is 11.5. The molecule has 0 fully saturated rings. The molecule has 0 saturated carbocycles. The zero-order chi connectivity index (χ0) is 33.8. The quantitative estimate of drug-likeness (QED) is 0.140. The molecule has 0 bridgehead atoms. The number of benzene rings is 4. The zero-order valence-electron chi connectivity index (χ0n) is 27.7. The SMILES string of the molecule is CCCCNC(=O)C(Cc1ccccc1)N(Cc1ccccc1C)C(=O)CN(c1ccc(C)cc1)S(=O)(=O)c1ccc(OCC)cc1. The van der Waals surface area contributed by atoms with Gasteiger partial charge in [0.1, 0.15) is 18.3 Å². The maximum absolute atomic E-state index is 14.6. The number of hydrogen-bond donors (Lipinski definition) is 1. The third-order valence-electron chi connectivity index (χ3n) is 8.03. The molecule has 4 aromatic carbocycles. The number of carbonyl (C=O) groups is 2. The second-order valence-corrected chi connectivity index (χ2v) is 13.4. The predicted molar refractivity (Wildman–Crippen MR) is 187 cm³/mol. The van der Waals surface area contributed by atoms with Gasteiger partial charge in [-0.25, -0.2) is 8.42 Å². The number of amides is 2. The van der Waals surface area contributed by atoms with Gasteiger partial charge in [0.15, 0.2) is 0 Å². The van der Waals surface area contributed by atoms with Crippen molar-refractivity contribution in [1.29, 1.82) is 0 Å². The van der Waals surface area contributed by atoms with Crippen LogP contribution in [0.4, 0.5) is 5.69 Å². The van der Waals surface area contributed by atoms with Crippen molar-refractivity contribution in [2.24, 2.45) is 0 Å². The number of hydrogen-bond acceptors (Lipinski definition) is 5. The van der Waals surface area contributed by atoms with Crippen molar-refractivity contribution in [3.63, 3.8) is 0 Å². The lowest BCUT2D eigenvalue weighted by Gasteiger charge is -2.34. The van der Waals surface area contributed by atoms with Gasteiger partial charge in [-0.1, -0.05) is 85.6 Å². The molecule has 0 aliphatic rings. The van der Waals surface area contributed by atoms with Crippen LogP contribution in [0.1, 0.15) is 48.9 Å². The van der Waals surface area contributed by atoms with Gasteiger partial charge in [-0.2, -0.15) is 0 Å².